The molecular weight excluding hydrogens is 226 g/mol. The Kier molecular flexibility index (Phi) is 4.62. The van der Waals surface area contributed by atoms with Gasteiger partial charge in [-0.15, -0.1) is 0 Å². The van der Waals surface area contributed by atoms with Crippen LogP contribution in [0.15, 0.2) is 24.3 Å². The summed E-state index contributed by atoms with van der Waals surface area (Å²) in [5.41, 5.74) is 1.24. The second-order valence-electron chi connectivity index (χ2n) is 4.87. The summed E-state index contributed by atoms with van der Waals surface area (Å²) in [6.45, 7) is 0.842. The standard InChI is InChI=1S/C15H21NO2/c1-18-14-7-4-5-12(11-14)8-9-13-6-2-3-10-16-15(13)17/h4-5,7,11,13H,2-3,6,8-10H2,1H3,(H,16,17). The summed E-state index contributed by atoms with van der Waals surface area (Å²) in [4.78, 5) is 11.8. The van der Waals surface area contributed by atoms with Crippen LogP contribution in [0.1, 0.15) is 31.2 Å². The van der Waals surface area contributed by atoms with Gasteiger partial charge in [0.2, 0.25) is 5.91 Å². The molecule has 1 N–H and O–H groups in total. The fourth-order valence-electron chi connectivity index (χ4n) is 2.45. The van der Waals surface area contributed by atoms with Crippen molar-refractivity contribution >= 4 is 5.91 Å². The number of hydrogen-bond acceptors (Lipinski definition) is 2. The van der Waals surface area contributed by atoms with Crippen molar-refractivity contribution in [2.45, 2.75) is 32.1 Å². The van der Waals surface area contributed by atoms with Gasteiger partial charge < -0.3 is 10.1 Å². The molecule has 2 rings (SSSR count). The number of amides is 1. The molecule has 0 aromatic heterocycles. The minimum absolute atomic E-state index is 0.179. The maximum absolute atomic E-state index is 11.8. The number of nitrogens with one attached hydrogen (secondary N) is 1. The van der Waals surface area contributed by atoms with Gasteiger partial charge in [0.05, 0.1) is 7.11 Å². The van der Waals surface area contributed by atoms with Crippen LogP contribution in [0, 0.1) is 5.92 Å². The lowest BCUT2D eigenvalue weighted by Crippen LogP contribution is -2.29. The first-order valence-electron chi connectivity index (χ1n) is 6.70. The molecule has 0 saturated carbocycles. The summed E-state index contributed by atoms with van der Waals surface area (Å²) in [6.07, 6.45) is 5.16. The molecule has 1 heterocycles. The lowest BCUT2D eigenvalue weighted by molar-refractivity contribution is -0.124. The van der Waals surface area contributed by atoms with Gasteiger partial charge in [-0.05, 0) is 43.4 Å². The Labute approximate surface area is 109 Å². The average Bonchev–Trinajstić information content (AvgIpc) is 2.61. The third-order valence-electron chi connectivity index (χ3n) is 3.57. The fourth-order valence-corrected chi connectivity index (χ4v) is 2.45. The number of carbonyl (C=O) groups excluding carboxylic acids is 1. The normalized spacial score (nSPS) is 20.1. The van der Waals surface area contributed by atoms with Crippen LogP contribution in [0.5, 0.6) is 5.75 Å². The number of benzene rings is 1. The van der Waals surface area contributed by atoms with Crippen molar-refractivity contribution in [3.8, 4) is 5.75 Å². The van der Waals surface area contributed by atoms with Gasteiger partial charge >= 0.3 is 0 Å². The summed E-state index contributed by atoms with van der Waals surface area (Å²) < 4.78 is 5.21. The van der Waals surface area contributed by atoms with Gasteiger partial charge in [-0.3, -0.25) is 4.79 Å². The van der Waals surface area contributed by atoms with Crippen molar-refractivity contribution in [1.29, 1.82) is 0 Å². The predicted molar refractivity (Wildman–Crippen MR) is 71.7 cm³/mol. The molecule has 0 bridgehead atoms. The highest BCUT2D eigenvalue weighted by Crippen LogP contribution is 2.20. The second kappa shape index (κ2) is 6.43. The van der Waals surface area contributed by atoms with Gasteiger partial charge in [0.25, 0.3) is 0 Å². The molecule has 1 unspecified atom stereocenters. The lowest BCUT2D eigenvalue weighted by atomic mass is 9.94. The lowest BCUT2D eigenvalue weighted by Gasteiger charge is -2.13. The van der Waals surface area contributed by atoms with Gasteiger partial charge in [0.1, 0.15) is 5.75 Å². The third kappa shape index (κ3) is 3.49. The molecule has 1 fully saturated rings. The van der Waals surface area contributed by atoms with E-state index in [1.165, 1.54) is 5.56 Å². The SMILES string of the molecule is COc1cccc(CCC2CCCCNC2=O)c1. The molecule has 1 aromatic rings. The Morgan fingerprint density at radius 3 is 3.11 bits per heavy atom. The van der Waals surface area contributed by atoms with Crippen molar-refractivity contribution in [2.75, 3.05) is 13.7 Å². The molecule has 3 heteroatoms. The molecule has 1 aromatic carbocycles. The molecule has 0 radical (unpaired) electrons. The van der Waals surface area contributed by atoms with E-state index in [-0.39, 0.29) is 11.8 Å². The van der Waals surface area contributed by atoms with E-state index in [9.17, 15) is 4.79 Å². The van der Waals surface area contributed by atoms with Crippen molar-refractivity contribution in [3.63, 3.8) is 0 Å². The van der Waals surface area contributed by atoms with Crippen molar-refractivity contribution in [1.82, 2.24) is 5.32 Å². The number of aryl methyl sites for hydroxylation is 1. The van der Waals surface area contributed by atoms with Crippen LogP contribution in [0.2, 0.25) is 0 Å². The Bertz CT molecular complexity index is 403. The Morgan fingerprint density at radius 2 is 2.28 bits per heavy atom. The van der Waals surface area contributed by atoms with E-state index in [4.69, 9.17) is 4.74 Å². The van der Waals surface area contributed by atoms with Gasteiger partial charge in [-0.1, -0.05) is 18.6 Å². The molecule has 18 heavy (non-hydrogen) atoms. The monoisotopic (exact) mass is 247 g/mol. The van der Waals surface area contributed by atoms with Crippen LogP contribution in [-0.2, 0) is 11.2 Å². The van der Waals surface area contributed by atoms with Crippen molar-refractivity contribution in [2.24, 2.45) is 5.92 Å². The summed E-state index contributed by atoms with van der Waals surface area (Å²) in [5, 5.41) is 2.99. The number of ether oxygens (including phenoxy) is 1. The average molecular weight is 247 g/mol. The molecule has 1 atom stereocenters. The van der Waals surface area contributed by atoms with Crippen LogP contribution >= 0.6 is 0 Å². The topological polar surface area (TPSA) is 38.3 Å². The summed E-state index contributed by atoms with van der Waals surface area (Å²) in [5.74, 6) is 1.30. The third-order valence-corrected chi connectivity index (χ3v) is 3.57. The van der Waals surface area contributed by atoms with Crippen LogP contribution < -0.4 is 10.1 Å². The first kappa shape index (κ1) is 12.9. The quantitative estimate of drug-likeness (QED) is 0.888. The number of rotatable bonds is 4. The van der Waals surface area contributed by atoms with E-state index in [1.54, 1.807) is 7.11 Å². The first-order valence-corrected chi connectivity index (χ1v) is 6.70. The molecular formula is C15H21NO2. The van der Waals surface area contributed by atoms with Gasteiger partial charge in [0, 0.05) is 12.5 Å². The Morgan fingerprint density at radius 1 is 1.39 bits per heavy atom. The number of carbonyl (C=O) groups is 1. The highest BCUT2D eigenvalue weighted by molar-refractivity contribution is 5.78. The van der Waals surface area contributed by atoms with E-state index < -0.39 is 0 Å². The molecule has 1 saturated heterocycles. The van der Waals surface area contributed by atoms with Gasteiger partial charge in [0.15, 0.2) is 0 Å². The highest BCUT2D eigenvalue weighted by Gasteiger charge is 2.20. The number of hydrogen-bond donors (Lipinski definition) is 1. The molecule has 0 spiro atoms. The maximum atomic E-state index is 11.8. The highest BCUT2D eigenvalue weighted by atomic mass is 16.5. The van der Waals surface area contributed by atoms with Gasteiger partial charge in [-0.2, -0.15) is 0 Å². The number of methoxy groups -OCH3 is 1. The van der Waals surface area contributed by atoms with Crippen LogP contribution in [0.3, 0.4) is 0 Å². The van der Waals surface area contributed by atoms with E-state index in [0.29, 0.717) is 0 Å². The van der Waals surface area contributed by atoms with E-state index >= 15 is 0 Å². The molecule has 0 aliphatic carbocycles. The largest absolute Gasteiger partial charge is 0.497 e. The molecule has 98 valence electrons. The first-order chi connectivity index (χ1) is 8.79. The Hall–Kier alpha value is -1.51. The summed E-state index contributed by atoms with van der Waals surface area (Å²) in [7, 11) is 1.68. The zero-order valence-corrected chi connectivity index (χ0v) is 10.9. The summed E-state index contributed by atoms with van der Waals surface area (Å²) >= 11 is 0. The van der Waals surface area contributed by atoms with E-state index in [2.05, 4.69) is 17.4 Å². The zero-order chi connectivity index (χ0) is 12.8. The maximum Gasteiger partial charge on any atom is 0.223 e. The summed E-state index contributed by atoms with van der Waals surface area (Å²) in [6, 6.07) is 8.09. The predicted octanol–water partition coefficient (Wildman–Crippen LogP) is 2.54. The smallest absolute Gasteiger partial charge is 0.223 e. The van der Waals surface area contributed by atoms with Gasteiger partial charge in [-0.25, -0.2) is 0 Å². The molecule has 3 nitrogen and oxygen atoms in total. The van der Waals surface area contributed by atoms with E-state index in [0.717, 1.165) is 44.4 Å². The van der Waals surface area contributed by atoms with E-state index in [1.807, 2.05) is 12.1 Å². The van der Waals surface area contributed by atoms with Crippen molar-refractivity contribution in [3.05, 3.63) is 29.8 Å². The van der Waals surface area contributed by atoms with Crippen molar-refractivity contribution < 1.29 is 9.53 Å². The Balaban J connectivity index is 1.91. The minimum atomic E-state index is 0.179. The molecule has 1 aliphatic heterocycles. The fraction of sp³-hybridized carbons (Fsp3) is 0.533. The zero-order valence-electron chi connectivity index (χ0n) is 10.9. The van der Waals surface area contributed by atoms with Crippen LogP contribution in [-0.4, -0.2) is 19.6 Å². The molecule has 1 aliphatic rings. The molecule has 1 amide bonds. The second-order valence-corrected chi connectivity index (χ2v) is 4.87. The van der Waals surface area contributed by atoms with Crippen LogP contribution in [0.4, 0.5) is 0 Å². The minimum Gasteiger partial charge on any atom is -0.497 e. The van der Waals surface area contributed by atoms with Crippen LogP contribution in [0.25, 0.3) is 0 Å².